The molecule has 3 N–H and O–H groups in total. The summed E-state index contributed by atoms with van der Waals surface area (Å²) in [5, 5.41) is 23.8. The van der Waals surface area contributed by atoms with E-state index in [1.165, 1.54) is 128 Å². The maximum atomic E-state index is 13.2. The number of hydrogen-bond donors (Lipinski definition) is 3. The molecule has 0 saturated heterocycles. The van der Waals surface area contributed by atoms with Gasteiger partial charge in [-0.15, -0.1) is 0 Å². The molecule has 0 aromatic carbocycles. The monoisotopic (exact) mass is 842 g/mol. The molecule has 6 nitrogen and oxygen atoms in total. The number of allylic oxidation sites excluding steroid dienone is 8. The third kappa shape index (κ3) is 42.5. The summed E-state index contributed by atoms with van der Waals surface area (Å²) in [7, 11) is 0. The first kappa shape index (κ1) is 57.8. The van der Waals surface area contributed by atoms with Gasteiger partial charge in [0.2, 0.25) is 5.91 Å². The van der Waals surface area contributed by atoms with Gasteiger partial charge in [0, 0.05) is 6.42 Å². The molecule has 0 bridgehead atoms. The molecule has 0 heterocycles. The van der Waals surface area contributed by atoms with Crippen LogP contribution < -0.4 is 5.32 Å². The van der Waals surface area contributed by atoms with E-state index in [1.54, 1.807) is 0 Å². The summed E-state index contributed by atoms with van der Waals surface area (Å²) >= 11 is 0. The average Bonchev–Trinajstić information content (AvgIpc) is 3.24. The van der Waals surface area contributed by atoms with Crippen LogP contribution in [-0.4, -0.2) is 46.9 Å². The fourth-order valence-electron chi connectivity index (χ4n) is 7.75. The summed E-state index contributed by atoms with van der Waals surface area (Å²) in [6.45, 7) is 6.35. The molecule has 6 heteroatoms. The predicted molar refractivity (Wildman–Crippen MR) is 259 cm³/mol. The summed E-state index contributed by atoms with van der Waals surface area (Å²) in [5.41, 5.74) is 0. The van der Waals surface area contributed by atoms with Crippen molar-refractivity contribution in [1.82, 2.24) is 5.32 Å². The van der Waals surface area contributed by atoms with Crippen molar-refractivity contribution in [1.29, 1.82) is 0 Å². The molecule has 0 radical (unpaired) electrons. The van der Waals surface area contributed by atoms with E-state index in [9.17, 15) is 19.8 Å². The summed E-state index contributed by atoms with van der Waals surface area (Å²) in [6, 6.07) is -0.708. The second-order valence-corrected chi connectivity index (χ2v) is 17.6. The van der Waals surface area contributed by atoms with Gasteiger partial charge in [-0.05, 0) is 77.0 Å². The van der Waals surface area contributed by atoms with E-state index in [1.807, 2.05) is 0 Å². The van der Waals surface area contributed by atoms with Crippen molar-refractivity contribution in [2.75, 3.05) is 6.61 Å². The molecule has 0 aromatic heterocycles. The van der Waals surface area contributed by atoms with E-state index in [0.29, 0.717) is 19.3 Å². The van der Waals surface area contributed by atoms with Gasteiger partial charge < -0.3 is 20.3 Å². The Labute approximate surface area is 372 Å². The van der Waals surface area contributed by atoms with Gasteiger partial charge in [-0.3, -0.25) is 9.59 Å². The third-order valence-electron chi connectivity index (χ3n) is 11.7. The molecular formula is C54H99NO5. The minimum absolute atomic E-state index is 0.0637. The van der Waals surface area contributed by atoms with Crippen molar-refractivity contribution in [2.24, 2.45) is 0 Å². The molecule has 3 unspecified atom stereocenters. The van der Waals surface area contributed by atoms with Gasteiger partial charge in [0.15, 0.2) is 0 Å². The molecule has 350 valence electrons. The highest BCUT2D eigenvalue weighted by atomic mass is 16.5. The Morgan fingerprint density at radius 2 is 0.950 bits per heavy atom. The van der Waals surface area contributed by atoms with Crippen molar-refractivity contribution in [3.05, 3.63) is 48.6 Å². The zero-order valence-electron chi connectivity index (χ0n) is 39.8. The van der Waals surface area contributed by atoms with Crippen molar-refractivity contribution < 1.29 is 24.5 Å². The normalized spacial score (nSPS) is 13.6. The van der Waals surface area contributed by atoms with Crippen LogP contribution in [0.4, 0.5) is 0 Å². The summed E-state index contributed by atoms with van der Waals surface area (Å²) in [4.78, 5) is 26.1. The van der Waals surface area contributed by atoms with Crippen molar-refractivity contribution in [3.8, 4) is 0 Å². The number of ether oxygens (including phenoxy) is 1. The lowest BCUT2D eigenvalue weighted by Crippen LogP contribution is -2.46. The number of esters is 1. The number of hydrogen-bond acceptors (Lipinski definition) is 5. The molecule has 3 atom stereocenters. The van der Waals surface area contributed by atoms with Gasteiger partial charge >= 0.3 is 5.97 Å². The van der Waals surface area contributed by atoms with Crippen LogP contribution in [0.1, 0.15) is 258 Å². The van der Waals surface area contributed by atoms with Gasteiger partial charge in [-0.2, -0.15) is 0 Å². The zero-order chi connectivity index (χ0) is 43.8. The molecule has 0 rings (SSSR count). The highest BCUT2D eigenvalue weighted by Gasteiger charge is 2.24. The lowest BCUT2D eigenvalue weighted by atomic mass is 10.0. The Kier molecular flexibility index (Phi) is 46.1. The van der Waals surface area contributed by atoms with Crippen LogP contribution in [0.5, 0.6) is 0 Å². The lowest BCUT2D eigenvalue weighted by molar-refractivity contribution is -0.151. The van der Waals surface area contributed by atoms with Gasteiger partial charge in [0.1, 0.15) is 6.10 Å². The maximum Gasteiger partial charge on any atom is 0.306 e. The number of aliphatic hydroxyl groups is 2. The first-order valence-corrected chi connectivity index (χ1v) is 25.9. The number of rotatable bonds is 46. The number of nitrogens with one attached hydrogen (secondary N) is 1. The SMILES string of the molecule is CC/C=C/C/C=C/CCCCCCCC(CC(=O)NC(CO)C(O)CCCCCCCCCCCCCCCC)OC(=O)CCCCCCCC/C=C/C=C/CCCCC. The summed E-state index contributed by atoms with van der Waals surface area (Å²) < 4.78 is 5.92. The van der Waals surface area contributed by atoms with Crippen LogP contribution in [0.25, 0.3) is 0 Å². The highest BCUT2D eigenvalue weighted by molar-refractivity contribution is 5.77. The Morgan fingerprint density at radius 1 is 0.517 bits per heavy atom. The van der Waals surface area contributed by atoms with Crippen LogP contribution in [0.2, 0.25) is 0 Å². The van der Waals surface area contributed by atoms with Crippen molar-refractivity contribution >= 4 is 11.9 Å². The van der Waals surface area contributed by atoms with E-state index in [0.717, 1.165) is 83.5 Å². The van der Waals surface area contributed by atoms with E-state index in [4.69, 9.17) is 4.74 Å². The molecule has 0 aliphatic rings. The van der Waals surface area contributed by atoms with Crippen LogP contribution in [0.15, 0.2) is 48.6 Å². The standard InChI is InChI=1S/C54H99NO5/c1-4-7-10-13-16-19-22-25-27-29-32-35-38-41-44-47-54(59)60-50(45-42-39-36-33-30-24-21-18-15-12-9-6-3)48-53(58)55-51(49-56)52(57)46-43-40-37-34-31-28-26-23-20-17-14-11-8-5-2/h9,12,16,18-19,21-22,25,50-52,56-57H,4-8,10-11,13-15,17,20,23-24,26-49H2,1-3H3,(H,55,58)/b12-9+,19-16+,21-18+,25-22+. The van der Waals surface area contributed by atoms with Crippen LogP contribution >= 0.6 is 0 Å². The minimum Gasteiger partial charge on any atom is -0.462 e. The van der Waals surface area contributed by atoms with E-state index >= 15 is 0 Å². The molecular weight excluding hydrogens is 743 g/mol. The molecule has 0 saturated carbocycles. The second kappa shape index (κ2) is 47.9. The summed E-state index contributed by atoms with van der Waals surface area (Å²) in [5.74, 6) is -0.497. The molecule has 60 heavy (non-hydrogen) atoms. The molecule has 0 fully saturated rings. The quantitative estimate of drug-likeness (QED) is 0.0246. The topological polar surface area (TPSA) is 95.9 Å². The Balaban J connectivity index is 4.57. The van der Waals surface area contributed by atoms with Gasteiger partial charge in [-0.25, -0.2) is 0 Å². The minimum atomic E-state index is -0.793. The lowest BCUT2D eigenvalue weighted by Gasteiger charge is -2.24. The fraction of sp³-hybridized carbons (Fsp3) is 0.815. The fourth-order valence-corrected chi connectivity index (χ4v) is 7.75. The van der Waals surface area contributed by atoms with Crippen molar-refractivity contribution in [2.45, 2.75) is 277 Å². The van der Waals surface area contributed by atoms with Gasteiger partial charge in [-0.1, -0.05) is 217 Å². The van der Waals surface area contributed by atoms with Crippen LogP contribution in [0, 0.1) is 0 Å². The predicted octanol–water partition coefficient (Wildman–Crippen LogP) is 15.5. The number of carbonyl (C=O) groups excluding carboxylic acids is 2. The Morgan fingerprint density at radius 3 is 1.48 bits per heavy atom. The first-order valence-electron chi connectivity index (χ1n) is 25.9. The molecule has 1 amide bonds. The van der Waals surface area contributed by atoms with Crippen LogP contribution in [0.3, 0.4) is 0 Å². The average molecular weight is 842 g/mol. The number of unbranched alkanes of at least 4 members (excludes halogenated alkanes) is 27. The molecule has 0 aliphatic heterocycles. The molecule has 0 aromatic rings. The largest absolute Gasteiger partial charge is 0.462 e. The number of aliphatic hydroxyl groups excluding tert-OH is 2. The summed E-state index contributed by atoms with van der Waals surface area (Å²) in [6.07, 6.45) is 57.4. The number of carbonyl (C=O) groups is 2. The van der Waals surface area contributed by atoms with E-state index in [-0.39, 0.29) is 24.9 Å². The highest BCUT2D eigenvalue weighted by Crippen LogP contribution is 2.18. The molecule has 0 aliphatic carbocycles. The van der Waals surface area contributed by atoms with E-state index < -0.39 is 18.2 Å². The Bertz CT molecular complexity index is 1040. The maximum absolute atomic E-state index is 13.2. The first-order chi connectivity index (χ1) is 29.5. The molecule has 0 spiro atoms. The van der Waals surface area contributed by atoms with Crippen molar-refractivity contribution in [3.63, 3.8) is 0 Å². The van der Waals surface area contributed by atoms with E-state index in [2.05, 4.69) is 74.7 Å². The smallest absolute Gasteiger partial charge is 0.306 e. The Hall–Kier alpha value is -2.18. The third-order valence-corrected chi connectivity index (χ3v) is 11.7. The van der Waals surface area contributed by atoms with Gasteiger partial charge in [0.25, 0.3) is 0 Å². The zero-order valence-corrected chi connectivity index (χ0v) is 39.8. The number of amides is 1. The van der Waals surface area contributed by atoms with Crippen LogP contribution in [-0.2, 0) is 14.3 Å². The second-order valence-electron chi connectivity index (χ2n) is 17.6. The van der Waals surface area contributed by atoms with Gasteiger partial charge in [0.05, 0.1) is 25.2 Å².